The second-order valence-corrected chi connectivity index (χ2v) is 7.18. The molecule has 0 atom stereocenters. The van der Waals surface area contributed by atoms with Crippen LogP contribution in [0.15, 0.2) is 24.3 Å². The van der Waals surface area contributed by atoms with Gasteiger partial charge in [-0.3, -0.25) is 14.4 Å². The smallest absolute Gasteiger partial charge is 0.227 e. The highest BCUT2D eigenvalue weighted by Gasteiger charge is 2.23. The highest BCUT2D eigenvalue weighted by atomic mass is 16.5. The molecule has 27 heavy (non-hydrogen) atoms. The molecule has 1 aromatic heterocycles. The Morgan fingerprint density at radius 1 is 1.11 bits per heavy atom. The van der Waals surface area contributed by atoms with Crippen LogP contribution in [0.5, 0.6) is 5.75 Å². The fourth-order valence-electron chi connectivity index (χ4n) is 3.61. The molecule has 0 saturated carbocycles. The van der Waals surface area contributed by atoms with E-state index in [1.807, 2.05) is 49.5 Å². The van der Waals surface area contributed by atoms with Crippen molar-refractivity contribution >= 4 is 5.91 Å². The Bertz CT molecular complexity index is 774. The maximum absolute atomic E-state index is 12.7. The molecule has 2 heterocycles. The first-order valence-electron chi connectivity index (χ1n) is 9.69. The molecule has 0 radical (unpaired) electrons. The van der Waals surface area contributed by atoms with Crippen molar-refractivity contribution in [3.63, 3.8) is 0 Å². The van der Waals surface area contributed by atoms with Gasteiger partial charge in [-0.25, -0.2) is 0 Å². The largest absolute Gasteiger partial charge is 0.494 e. The van der Waals surface area contributed by atoms with Crippen LogP contribution in [0.4, 0.5) is 0 Å². The van der Waals surface area contributed by atoms with Gasteiger partial charge >= 0.3 is 0 Å². The van der Waals surface area contributed by atoms with E-state index in [4.69, 9.17) is 4.74 Å². The lowest BCUT2D eigenvalue weighted by Gasteiger charge is -2.35. The summed E-state index contributed by atoms with van der Waals surface area (Å²) in [6.45, 7) is 11.0. The minimum Gasteiger partial charge on any atom is -0.494 e. The number of rotatable bonds is 6. The molecule has 0 aliphatic carbocycles. The molecular weight excluding hydrogens is 340 g/mol. The zero-order chi connectivity index (χ0) is 19.4. The van der Waals surface area contributed by atoms with E-state index >= 15 is 0 Å². The van der Waals surface area contributed by atoms with E-state index in [0.717, 1.165) is 55.4 Å². The summed E-state index contributed by atoms with van der Waals surface area (Å²) in [7, 11) is 1.93. The lowest BCUT2D eigenvalue weighted by molar-refractivity contribution is -0.132. The van der Waals surface area contributed by atoms with E-state index in [0.29, 0.717) is 13.0 Å². The van der Waals surface area contributed by atoms with Gasteiger partial charge in [0.25, 0.3) is 0 Å². The molecule has 2 aromatic rings. The average Bonchev–Trinajstić information content (AvgIpc) is 2.90. The van der Waals surface area contributed by atoms with Crippen LogP contribution >= 0.6 is 0 Å². The van der Waals surface area contributed by atoms with Crippen LogP contribution in [0, 0.1) is 13.8 Å². The van der Waals surface area contributed by atoms with Gasteiger partial charge in [-0.05, 0) is 38.5 Å². The number of aryl methyl sites for hydroxylation is 2. The van der Waals surface area contributed by atoms with Gasteiger partial charge in [0, 0.05) is 51.0 Å². The van der Waals surface area contributed by atoms with Crippen molar-refractivity contribution in [1.29, 1.82) is 0 Å². The van der Waals surface area contributed by atoms with Gasteiger partial charge < -0.3 is 9.64 Å². The van der Waals surface area contributed by atoms with Gasteiger partial charge in [0.05, 0.1) is 18.7 Å². The molecule has 0 N–H and O–H groups in total. The molecule has 1 aromatic carbocycles. The minimum atomic E-state index is 0.204. The van der Waals surface area contributed by atoms with E-state index in [1.54, 1.807) is 0 Å². The van der Waals surface area contributed by atoms with Gasteiger partial charge in [-0.1, -0.05) is 12.1 Å². The van der Waals surface area contributed by atoms with Crippen LogP contribution in [0.1, 0.15) is 29.4 Å². The maximum Gasteiger partial charge on any atom is 0.227 e. The summed E-state index contributed by atoms with van der Waals surface area (Å²) in [5.74, 6) is 1.12. The maximum atomic E-state index is 12.7. The lowest BCUT2D eigenvalue weighted by Crippen LogP contribution is -2.48. The summed E-state index contributed by atoms with van der Waals surface area (Å²) in [6.07, 6.45) is 0.449. The van der Waals surface area contributed by atoms with Gasteiger partial charge in [-0.15, -0.1) is 0 Å². The number of aromatic nitrogens is 2. The predicted molar refractivity (Wildman–Crippen MR) is 106 cm³/mol. The Labute approximate surface area is 161 Å². The standard InChI is InChI=1S/C21H30N4O2/c1-5-27-19-8-6-18(7-9-19)15-24-10-12-25(13-11-24)21(26)14-20-16(2)22-23(4)17(20)3/h6-9H,5,10-15H2,1-4H3. The number of amides is 1. The van der Waals surface area contributed by atoms with Crippen molar-refractivity contribution < 1.29 is 9.53 Å². The molecule has 1 aliphatic rings. The monoisotopic (exact) mass is 370 g/mol. The van der Waals surface area contributed by atoms with Crippen LogP contribution in [0.25, 0.3) is 0 Å². The van der Waals surface area contributed by atoms with Gasteiger partial charge in [-0.2, -0.15) is 5.10 Å². The number of hydrogen-bond donors (Lipinski definition) is 0. The normalized spacial score (nSPS) is 15.2. The lowest BCUT2D eigenvalue weighted by atomic mass is 10.1. The summed E-state index contributed by atoms with van der Waals surface area (Å²) in [5.41, 5.74) is 4.38. The third kappa shape index (κ3) is 4.69. The summed E-state index contributed by atoms with van der Waals surface area (Å²) in [4.78, 5) is 17.1. The molecule has 0 spiro atoms. The van der Waals surface area contributed by atoms with Crippen molar-refractivity contribution in [3.8, 4) is 5.75 Å². The van der Waals surface area contributed by atoms with Crippen molar-refractivity contribution in [2.24, 2.45) is 7.05 Å². The first-order valence-corrected chi connectivity index (χ1v) is 9.69. The molecule has 1 saturated heterocycles. The topological polar surface area (TPSA) is 50.6 Å². The Hall–Kier alpha value is -2.34. The highest BCUT2D eigenvalue weighted by Crippen LogP contribution is 2.17. The van der Waals surface area contributed by atoms with Crippen molar-refractivity contribution in [2.75, 3.05) is 32.8 Å². The number of carbonyl (C=O) groups excluding carboxylic acids is 1. The van der Waals surface area contributed by atoms with Gasteiger partial charge in [0.2, 0.25) is 5.91 Å². The van der Waals surface area contributed by atoms with E-state index in [1.165, 1.54) is 5.56 Å². The van der Waals surface area contributed by atoms with Gasteiger partial charge in [0.15, 0.2) is 0 Å². The third-order valence-corrected chi connectivity index (χ3v) is 5.35. The Morgan fingerprint density at radius 2 is 1.78 bits per heavy atom. The number of carbonyl (C=O) groups is 1. The average molecular weight is 370 g/mol. The molecular formula is C21H30N4O2. The quantitative estimate of drug-likeness (QED) is 0.783. The Morgan fingerprint density at radius 3 is 2.33 bits per heavy atom. The van der Waals surface area contributed by atoms with Crippen LogP contribution < -0.4 is 4.74 Å². The molecule has 6 heteroatoms. The number of benzene rings is 1. The van der Waals surface area contributed by atoms with Crippen LogP contribution in [0.2, 0.25) is 0 Å². The molecule has 0 unspecified atom stereocenters. The van der Waals surface area contributed by atoms with E-state index in [2.05, 4.69) is 22.1 Å². The SMILES string of the molecule is CCOc1ccc(CN2CCN(C(=O)Cc3c(C)nn(C)c3C)CC2)cc1. The van der Waals surface area contributed by atoms with Crippen LogP contribution in [-0.2, 0) is 24.8 Å². The second-order valence-electron chi connectivity index (χ2n) is 7.18. The molecule has 3 rings (SSSR count). The van der Waals surface area contributed by atoms with Crippen molar-refractivity contribution in [1.82, 2.24) is 19.6 Å². The van der Waals surface area contributed by atoms with Crippen molar-refractivity contribution in [3.05, 3.63) is 46.8 Å². The first kappa shape index (κ1) is 19.4. The zero-order valence-corrected chi connectivity index (χ0v) is 16.9. The zero-order valence-electron chi connectivity index (χ0n) is 16.9. The predicted octanol–water partition coefficient (Wildman–Crippen LogP) is 2.32. The highest BCUT2D eigenvalue weighted by molar-refractivity contribution is 5.79. The number of ether oxygens (including phenoxy) is 1. The summed E-state index contributed by atoms with van der Waals surface area (Å²) in [5, 5.41) is 4.41. The number of piperazine rings is 1. The second kappa shape index (κ2) is 8.57. The Balaban J connectivity index is 1.50. The Kier molecular flexibility index (Phi) is 6.16. The summed E-state index contributed by atoms with van der Waals surface area (Å²) < 4.78 is 7.35. The van der Waals surface area contributed by atoms with Gasteiger partial charge in [0.1, 0.15) is 5.75 Å². The van der Waals surface area contributed by atoms with E-state index < -0.39 is 0 Å². The number of nitrogens with zero attached hydrogens (tertiary/aromatic N) is 4. The molecule has 0 bridgehead atoms. The van der Waals surface area contributed by atoms with E-state index in [9.17, 15) is 4.79 Å². The first-order chi connectivity index (χ1) is 13.0. The summed E-state index contributed by atoms with van der Waals surface area (Å²) >= 11 is 0. The molecule has 146 valence electrons. The molecule has 1 aliphatic heterocycles. The molecule has 1 amide bonds. The fourth-order valence-corrected chi connectivity index (χ4v) is 3.61. The molecule has 1 fully saturated rings. The third-order valence-electron chi connectivity index (χ3n) is 5.35. The number of hydrogen-bond acceptors (Lipinski definition) is 4. The van der Waals surface area contributed by atoms with Crippen molar-refractivity contribution in [2.45, 2.75) is 33.7 Å². The minimum absolute atomic E-state index is 0.204. The molecule has 6 nitrogen and oxygen atoms in total. The van der Waals surface area contributed by atoms with Crippen LogP contribution in [0.3, 0.4) is 0 Å². The summed E-state index contributed by atoms with van der Waals surface area (Å²) in [6, 6.07) is 8.29. The van der Waals surface area contributed by atoms with Crippen LogP contribution in [-0.4, -0.2) is 58.3 Å². The van der Waals surface area contributed by atoms with E-state index in [-0.39, 0.29) is 5.91 Å². The fraction of sp³-hybridized carbons (Fsp3) is 0.524.